The Labute approximate surface area is 134 Å². The van der Waals surface area contributed by atoms with Crippen molar-refractivity contribution in [2.75, 3.05) is 0 Å². The molecular weight excluding hydrogens is 292 g/mol. The summed E-state index contributed by atoms with van der Waals surface area (Å²) in [5.41, 5.74) is 1.33. The molecule has 2 heteroatoms. The molecule has 0 radical (unpaired) electrons. The maximum Gasteiger partial charge on any atom is 0.0451 e. The van der Waals surface area contributed by atoms with Crippen LogP contribution < -0.4 is 0 Å². The Morgan fingerprint density at radius 1 is 0.810 bits per heavy atom. The van der Waals surface area contributed by atoms with Crippen molar-refractivity contribution in [3.05, 3.63) is 60.2 Å². The van der Waals surface area contributed by atoms with Gasteiger partial charge in [-0.2, -0.15) is 0 Å². The molecule has 0 spiro atoms. The summed E-state index contributed by atoms with van der Waals surface area (Å²) < 4.78 is 0.778. The second kappa shape index (κ2) is 4.97. The summed E-state index contributed by atoms with van der Waals surface area (Å²) in [7, 11) is 0. The molecule has 0 heterocycles. The van der Waals surface area contributed by atoms with Crippen molar-refractivity contribution in [2.24, 2.45) is 0 Å². The lowest BCUT2D eigenvalue weighted by Gasteiger charge is -2.12. The first-order valence-electron chi connectivity index (χ1n) is 7.10. The Hall–Kier alpha value is -1.64. The molecule has 0 atom stereocenters. The van der Waals surface area contributed by atoms with Crippen LogP contribution in [-0.4, -0.2) is 4.20 Å². The largest absolute Gasteiger partial charge is 0.136 e. The monoisotopic (exact) mass is 306 g/mol. The van der Waals surface area contributed by atoms with Gasteiger partial charge in [-0.3, -0.25) is 0 Å². The number of hydrogen-bond acceptors (Lipinski definition) is 1. The summed E-state index contributed by atoms with van der Waals surface area (Å²) in [5, 5.41) is 8.02. The van der Waals surface area contributed by atoms with E-state index in [1.807, 2.05) is 0 Å². The van der Waals surface area contributed by atoms with Gasteiger partial charge in [0.1, 0.15) is 0 Å². The summed E-state index contributed by atoms with van der Waals surface area (Å²) in [4.78, 5) is 0. The first-order valence-corrected chi connectivity index (χ1v) is 7.96. The highest BCUT2D eigenvalue weighted by Gasteiger charge is 2.08. The third-order valence-electron chi connectivity index (χ3n) is 4.15. The van der Waals surface area contributed by atoms with E-state index in [0.29, 0.717) is 0 Å². The Morgan fingerprint density at radius 2 is 1.33 bits per heavy atom. The van der Waals surface area contributed by atoms with Gasteiger partial charge in [-0.05, 0) is 50.7 Å². The molecule has 0 fully saturated rings. The number of thiol groups is 1. The minimum Gasteiger partial charge on any atom is -0.136 e. The number of thiocarbonyl (C=S) groups is 1. The number of benzene rings is 4. The quantitative estimate of drug-likeness (QED) is 0.285. The van der Waals surface area contributed by atoms with Gasteiger partial charge in [-0.15, -0.1) is 12.6 Å². The molecule has 0 saturated heterocycles. The van der Waals surface area contributed by atoms with Gasteiger partial charge in [0, 0.05) is 4.20 Å². The van der Waals surface area contributed by atoms with Crippen LogP contribution in [0.4, 0.5) is 0 Å². The maximum atomic E-state index is 5.07. The first kappa shape index (κ1) is 13.1. The Kier molecular flexibility index (Phi) is 3.09. The van der Waals surface area contributed by atoms with Gasteiger partial charge in [-0.25, -0.2) is 0 Å². The van der Waals surface area contributed by atoms with Gasteiger partial charge >= 0.3 is 0 Å². The predicted octanol–water partition coefficient (Wildman–Crippen LogP) is 5.77. The molecule has 0 unspecified atom stereocenters. The van der Waals surface area contributed by atoms with E-state index < -0.39 is 0 Å². The Morgan fingerprint density at radius 3 is 1.90 bits per heavy atom. The third-order valence-corrected chi connectivity index (χ3v) is 4.58. The zero-order valence-corrected chi connectivity index (χ0v) is 13.2. The van der Waals surface area contributed by atoms with Crippen molar-refractivity contribution in [2.45, 2.75) is 12.8 Å². The minimum atomic E-state index is 0.778. The number of rotatable bonds is 3. The molecule has 102 valence electrons. The van der Waals surface area contributed by atoms with Gasteiger partial charge in [0.2, 0.25) is 0 Å². The average Bonchev–Trinajstić information content (AvgIpc) is 2.50. The summed E-state index contributed by atoms with van der Waals surface area (Å²) >= 11 is 9.30. The molecule has 4 aromatic rings. The highest BCUT2D eigenvalue weighted by atomic mass is 32.1. The van der Waals surface area contributed by atoms with Crippen LogP contribution in [0.2, 0.25) is 0 Å². The fourth-order valence-electron chi connectivity index (χ4n) is 3.21. The number of hydrogen-bond donors (Lipinski definition) is 1. The smallest absolute Gasteiger partial charge is 0.0451 e. The van der Waals surface area contributed by atoms with Crippen LogP contribution in [-0.2, 0) is 6.42 Å². The molecule has 0 aliphatic rings. The standard InChI is InChI=1S/C19H14S2/c20-17(21)9-4-12-10-15-7-5-13-2-1-3-14-6-8-16(11-12)19(15)18(13)14/h1-3,5-8,10-11H,4,9H2,(H,20,21). The first-order chi connectivity index (χ1) is 10.2. The van der Waals surface area contributed by atoms with Crippen LogP contribution in [0.25, 0.3) is 32.3 Å². The average molecular weight is 306 g/mol. The van der Waals surface area contributed by atoms with E-state index in [1.54, 1.807) is 0 Å². The van der Waals surface area contributed by atoms with Crippen LogP contribution >= 0.6 is 24.8 Å². The molecule has 4 aromatic carbocycles. The lowest BCUT2D eigenvalue weighted by Crippen LogP contribution is -1.91. The van der Waals surface area contributed by atoms with Crippen molar-refractivity contribution in [3.63, 3.8) is 0 Å². The third kappa shape index (κ3) is 2.19. The van der Waals surface area contributed by atoms with Gasteiger partial charge < -0.3 is 0 Å². The molecule has 0 nitrogen and oxygen atoms in total. The summed E-state index contributed by atoms with van der Waals surface area (Å²) in [6, 6.07) is 20.0. The van der Waals surface area contributed by atoms with E-state index in [9.17, 15) is 0 Å². The predicted molar refractivity (Wildman–Crippen MR) is 100 cm³/mol. The van der Waals surface area contributed by atoms with Crippen molar-refractivity contribution in [1.29, 1.82) is 0 Å². The SMILES string of the molecule is S=C(S)CCc1cc2ccc3cccc4ccc(c1)c2c34. The van der Waals surface area contributed by atoms with E-state index in [-0.39, 0.29) is 0 Å². The fourth-order valence-corrected chi connectivity index (χ4v) is 3.43. The van der Waals surface area contributed by atoms with Crippen molar-refractivity contribution in [1.82, 2.24) is 0 Å². The second-order valence-corrected chi connectivity index (χ2v) is 6.86. The van der Waals surface area contributed by atoms with Gasteiger partial charge in [0.15, 0.2) is 0 Å². The highest BCUT2D eigenvalue weighted by molar-refractivity contribution is 8.11. The normalized spacial score (nSPS) is 11.7. The van der Waals surface area contributed by atoms with Crippen LogP contribution in [0.5, 0.6) is 0 Å². The zero-order valence-electron chi connectivity index (χ0n) is 11.5. The topological polar surface area (TPSA) is 0 Å². The van der Waals surface area contributed by atoms with Crippen LogP contribution in [0.1, 0.15) is 12.0 Å². The van der Waals surface area contributed by atoms with Crippen LogP contribution in [0, 0.1) is 0 Å². The maximum absolute atomic E-state index is 5.07. The molecule has 0 aromatic heterocycles. The summed E-state index contributed by atoms with van der Waals surface area (Å²) in [6.45, 7) is 0. The zero-order chi connectivity index (χ0) is 14.4. The Bertz CT molecular complexity index is 905. The molecule has 0 saturated carbocycles. The molecule has 0 amide bonds. The van der Waals surface area contributed by atoms with Crippen molar-refractivity contribution >= 4 is 61.4 Å². The molecule has 0 aliphatic carbocycles. The lowest BCUT2D eigenvalue weighted by molar-refractivity contribution is 1.07. The second-order valence-electron chi connectivity index (χ2n) is 5.52. The van der Waals surface area contributed by atoms with E-state index in [0.717, 1.165) is 17.0 Å². The molecular formula is C19H14S2. The molecule has 0 bridgehead atoms. The van der Waals surface area contributed by atoms with Crippen LogP contribution in [0.3, 0.4) is 0 Å². The fraction of sp³-hybridized carbons (Fsp3) is 0.105. The molecule has 0 aliphatic heterocycles. The van der Waals surface area contributed by atoms with E-state index >= 15 is 0 Å². The molecule has 4 rings (SSSR count). The summed E-state index contributed by atoms with van der Waals surface area (Å²) in [6.07, 6.45) is 1.81. The highest BCUT2D eigenvalue weighted by Crippen LogP contribution is 2.35. The summed E-state index contributed by atoms with van der Waals surface area (Å²) in [5.74, 6) is 0. The van der Waals surface area contributed by atoms with E-state index in [2.05, 4.69) is 67.2 Å². The van der Waals surface area contributed by atoms with Crippen molar-refractivity contribution < 1.29 is 0 Å². The Balaban J connectivity index is 2.01. The van der Waals surface area contributed by atoms with Gasteiger partial charge in [-0.1, -0.05) is 66.8 Å². The molecule has 0 N–H and O–H groups in total. The molecule has 21 heavy (non-hydrogen) atoms. The lowest BCUT2D eigenvalue weighted by atomic mass is 9.92. The minimum absolute atomic E-state index is 0.778. The van der Waals surface area contributed by atoms with E-state index in [1.165, 1.54) is 37.9 Å². The van der Waals surface area contributed by atoms with Gasteiger partial charge in [0.05, 0.1) is 0 Å². The van der Waals surface area contributed by atoms with Crippen LogP contribution in [0.15, 0.2) is 54.6 Å². The number of aryl methyl sites for hydroxylation is 1. The van der Waals surface area contributed by atoms with Crippen molar-refractivity contribution in [3.8, 4) is 0 Å². The van der Waals surface area contributed by atoms with Gasteiger partial charge in [0.25, 0.3) is 0 Å². The van der Waals surface area contributed by atoms with E-state index in [4.69, 9.17) is 12.2 Å².